The standard InChI is InChI=1S/C22H20FN3O/c1-25-12-4-7-20(25)21-24-19-14-16(10-11-18(19)22(27)26(21)2)9-8-15-5-3-6-17(23)13-15/h3,5-6,10-11,13-14,20H,4,7,12H2,1-2H3. The summed E-state index contributed by atoms with van der Waals surface area (Å²) in [5, 5.41) is 0.582. The van der Waals surface area contributed by atoms with Gasteiger partial charge in [0.05, 0.1) is 16.9 Å². The van der Waals surface area contributed by atoms with Gasteiger partial charge in [0.25, 0.3) is 5.56 Å². The third-order valence-electron chi connectivity index (χ3n) is 5.11. The molecule has 0 bridgehead atoms. The molecule has 1 atom stereocenters. The first-order valence-electron chi connectivity index (χ1n) is 9.01. The highest BCUT2D eigenvalue weighted by Crippen LogP contribution is 2.29. The van der Waals surface area contributed by atoms with Crippen molar-refractivity contribution in [2.45, 2.75) is 18.9 Å². The maximum atomic E-state index is 13.3. The van der Waals surface area contributed by atoms with Crippen LogP contribution in [0.15, 0.2) is 47.3 Å². The molecule has 1 saturated heterocycles. The minimum atomic E-state index is -0.309. The molecule has 1 aliphatic rings. The zero-order valence-corrected chi connectivity index (χ0v) is 15.4. The Balaban J connectivity index is 1.78. The topological polar surface area (TPSA) is 38.1 Å². The number of nitrogens with zero attached hydrogens (tertiary/aromatic N) is 3. The predicted molar refractivity (Wildman–Crippen MR) is 104 cm³/mol. The van der Waals surface area contributed by atoms with E-state index in [-0.39, 0.29) is 17.4 Å². The summed E-state index contributed by atoms with van der Waals surface area (Å²) in [5.74, 6) is 6.48. The molecule has 0 spiro atoms. The first-order valence-corrected chi connectivity index (χ1v) is 9.01. The van der Waals surface area contributed by atoms with Crippen LogP contribution in [0.2, 0.25) is 0 Å². The Morgan fingerprint density at radius 3 is 2.59 bits per heavy atom. The van der Waals surface area contributed by atoms with E-state index in [2.05, 4.69) is 23.8 Å². The Morgan fingerprint density at radius 1 is 1.11 bits per heavy atom. The lowest BCUT2D eigenvalue weighted by atomic mass is 10.1. The Bertz CT molecular complexity index is 1140. The van der Waals surface area contributed by atoms with E-state index in [0.29, 0.717) is 16.5 Å². The zero-order valence-electron chi connectivity index (χ0n) is 15.4. The van der Waals surface area contributed by atoms with Gasteiger partial charge in [-0.1, -0.05) is 17.9 Å². The molecule has 5 heteroatoms. The molecule has 0 radical (unpaired) electrons. The van der Waals surface area contributed by atoms with Gasteiger partial charge in [-0.25, -0.2) is 9.37 Å². The fourth-order valence-electron chi connectivity index (χ4n) is 3.61. The number of benzene rings is 2. The van der Waals surface area contributed by atoms with Gasteiger partial charge < -0.3 is 0 Å². The molecule has 27 heavy (non-hydrogen) atoms. The molecule has 2 aromatic carbocycles. The normalized spacial score (nSPS) is 17.1. The summed E-state index contributed by atoms with van der Waals surface area (Å²) in [6, 6.07) is 11.8. The quantitative estimate of drug-likeness (QED) is 0.625. The van der Waals surface area contributed by atoms with Crippen LogP contribution in [0.5, 0.6) is 0 Å². The summed E-state index contributed by atoms with van der Waals surface area (Å²) in [7, 11) is 3.85. The van der Waals surface area contributed by atoms with Gasteiger partial charge in [0, 0.05) is 18.2 Å². The number of likely N-dealkylation sites (tertiary alicyclic amines) is 1. The number of hydrogen-bond acceptors (Lipinski definition) is 3. The van der Waals surface area contributed by atoms with Crippen molar-refractivity contribution in [2.24, 2.45) is 7.05 Å². The number of hydrogen-bond donors (Lipinski definition) is 0. The van der Waals surface area contributed by atoms with Crippen molar-refractivity contribution >= 4 is 10.9 Å². The van der Waals surface area contributed by atoms with Crippen molar-refractivity contribution in [3.05, 3.63) is 75.6 Å². The number of rotatable bonds is 1. The summed E-state index contributed by atoms with van der Waals surface area (Å²) in [4.78, 5) is 19.8. The molecule has 4 nitrogen and oxygen atoms in total. The van der Waals surface area contributed by atoms with Crippen molar-refractivity contribution in [3.63, 3.8) is 0 Å². The highest BCUT2D eigenvalue weighted by molar-refractivity contribution is 5.79. The monoisotopic (exact) mass is 361 g/mol. The fraction of sp³-hybridized carbons (Fsp3) is 0.273. The van der Waals surface area contributed by atoms with Gasteiger partial charge >= 0.3 is 0 Å². The summed E-state index contributed by atoms with van der Waals surface area (Å²) in [6.45, 7) is 1.01. The van der Waals surface area contributed by atoms with E-state index < -0.39 is 0 Å². The van der Waals surface area contributed by atoms with Crippen LogP contribution in [-0.2, 0) is 7.05 Å². The van der Waals surface area contributed by atoms with E-state index in [4.69, 9.17) is 4.98 Å². The van der Waals surface area contributed by atoms with Crippen LogP contribution in [0.25, 0.3) is 10.9 Å². The van der Waals surface area contributed by atoms with E-state index in [0.717, 1.165) is 30.8 Å². The van der Waals surface area contributed by atoms with Crippen molar-refractivity contribution in [1.82, 2.24) is 14.5 Å². The third kappa shape index (κ3) is 3.36. The first-order chi connectivity index (χ1) is 13.0. The molecular weight excluding hydrogens is 341 g/mol. The maximum absolute atomic E-state index is 13.3. The van der Waals surface area contributed by atoms with E-state index in [1.54, 1.807) is 35.9 Å². The van der Waals surface area contributed by atoms with Crippen LogP contribution < -0.4 is 5.56 Å². The Hall–Kier alpha value is -2.97. The van der Waals surface area contributed by atoms with Crippen LogP contribution in [0.3, 0.4) is 0 Å². The average Bonchev–Trinajstić information content (AvgIpc) is 3.08. The molecule has 136 valence electrons. The van der Waals surface area contributed by atoms with E-state index in [1.165, 1.54) is 12.1 Å². The minimum absolute atomic E-state index is 0.0417. The van der Waals surface area contributed by atoms with Crippen LogP contribution in [0.1, 0.15) is 35.8 Å². The van der Waals surface area contributed by atoms with Crippen molar-refractivity contribution < 1.29 is 4.39 Å². The highest BCUT2D eigenvalue weighted by atomic mass is 19.1. The minimum Gasteiger partial charge on any atom is -0.298 e. The van der Waals surface area contributed by atoms with E-state index in [9.17, 15) is 9.18 Å². The molecule has 1 unspecified atom stereocenters. The highest BCUT2D eigenvalue weighted by Gasteiger charge is 2.26. The van der Waals surface area contributed by atoms with Crippen LogP contribution in [0, 0.1) is 17.7 Å². The lowest BCUT2D eigenvalue weighted by molar-refractivity contribution is 0.298. The smallest absolute Gasteiger partial charge is 0.261 e. The SMILES string of the molecule is CN1CCCC1c1nc2cc(C#Cc3cccc(F)c3)ccc2c(=O)n1C. The molecule has 0 aliphatic carbocycles. The molecule has 1 fully saturated rings. The second-order valence-corrected chi connectivity index (χ2v) is 6.97. The first kappa shape index (κ1) is 17.4. The molecule has 3 aromatic rings. The van der Waals surface area contributed by atoms with Crippen LogP contribution >= 0.6 is 0 Å². The zero-order chi connectivity index (χ0) is 19.0. The van der Waals surface area contributed by atoms with Crippen molar-refractivity contribution in [2.75, 3.05) is 13.6 Å². The number of halogens is 1. The average molecular weight is 361 g/mol. The van der Waals surface area contributed by atoms with Crippen LogP contribution in [0.4, 0.5) is 4.39 Å². The molecule has 0 N–H and O–H groups in total. The maximum Gasteiger partial charge on any atom is 0.261 e. The fourth-order valence-corrected chi connectivity index (χ4v) is 3.61. The van der Waals surface area contributed by atoms with Crippen LogP contribution in [-0.4, -0.2) is 28.0 Å². The van der Waals surface area contributed by atoms with Gasteiger partial charge in [-0.3, -0.25) is 14.3 Å². The number of aromatic nitrogens is 2. The summed E-state index contributed by atoms with van der Waals surface area (Å²) < 4.78 is 14.9. The number of fused-ring (bicyclic) bond motifs is 1. The summed E-state index contributed by atoms with van der Waals surface area (Å²) in [6.07, 6.45) is 2.11. The summed E-state index contributed by atoms with van der Waals surface area (Å²) in [5.41, 5.74) is 1.97. The molecule has 4 rings (SSSR count). The second kappa shape index (κ2) is 6.98. The van der Waals surface area contributed by atoms with Crippen molar-refractivity contribution in [3.8, 4) is 11.8 Å². The molecule has 2 heterocycles. The Kier molecular flexibility index (Phi) is 4.51. The molecule has 0 amide bonds. The molecule has 0 saturated carbocycles. The summed E-state index contributed by atoms with van der Waals surface area (Å²) >= 11 is 0. The van der Waals surface area contributed by atoms with Gasteiger partial charge in [-0.15, -0.1) is 0 Å². The van der Waals surface area contributed by atoms with Gasteiger partial charge in [-0.2, -0.15) is 0 Å². The lowest BCUT2D eigenvalue weighted by Gasteiger charge is -2.21. The molecular formula is C22H20FN3O. The Labute approximate surface area is 157 Å². The van der Waals surface area contributed by atoms with Gasteiger partial charge in [0.2, 0.25) is 0 Å². The third-order valence-corrected chi connectivity index (χ3v) is 5.11. The molecule has 1 aliphatic heterocycles. The molecule has 1 aromatic heterocycles. The largest absolute Gasteiger partial charge is 0.298 e. The van der Waals surface area contributed by atoms with Crippen molar-refractivity contribution in [1.29, 1.82) is 0 Å². The van der Waals surface area contributed by atoms with Gasteiger partial charge in [0.15, 0.2) is 0 Å². The second-order valence-electron chi connectivity index (χ2n) is 6.97. The van der Waals surface area contributed by atoms with Gasteiger partial charge in [-0.05, 0) is 62.8 Å². The van der Waals surface area contributed by atoms with Gasteiger partial charge in [0.1, 0.15) is 11.6 Å². The lowest BCUT2D eigenvalue weighted by Crippen LogP contribution is -2.28. The van der Waals surface area contributed by atoms with E-state index in [1.807, 2.05) is 6.07 Å². The Morgan fingerprint density at radius 2 is 1.89 bits per heavy atom. The van der Waals surface area contributed by atoms with E-state index >= 15 is 0 Å². The predicted octanol–water partition coefficient (Wildman–Crippen LogP) is 3.24.